The first-order chi connectivity index (χ1) is 10.2. The Hall–Kier alpha value is -2.08. The molecule has 2 saturated carbocycles. The van der Waals surface area contributed by atoms with Crippen LogP contribution in [-0.4, -0.2) is 9.78 Å². The Labute approximate surface area is 125 Å². The number of hydrogen-bond acceptors (Lipinski definition) is 2. The van der Waals surface area contributed by atoms with Crippen molar-refractivity contribution in [3.63, 3.8) is 0 Å². The molecule has 0 aliphatic heterocycles. The quantitative estimate of drug-likeness (QED) is 0.847. The van der Waals surface area contributed by atoms with Gasteiger partial charge in [0.05, 0.1) is 23.0 Å². The zero-order valence-electron chi connectivity index (χ0n) is 12.6. The van der Waals surface area contributed by atoms with E-state index in [1.54, 1.807) is 0 Å². The summed E-state index contributed by atoms with van der Waals surface area (Å²) in [5.74, 6) is 1.34. The van der Waals surface area contributed by atoms with E-state index in [0.717, 1.165) is 11.5 Å². The predicted octanol–water partition coefficient (Wildman–Crippen LogP) is 4.12. The molecule has 0 saturated heterocycles. The van der Waals surface area contributed by atoms with Crippen LogP contribution in [0.15, 0.2) is 18.2 Å². The Kier molecular flexibility index (Phi) is 2.68. The van der Waals surface area contributed by atoms with Gasteiger partial charge in [-0.05, 0) is 80.7 Å². The Morgan fingerprint density at radius 1 is 1.14 bits per heavy atom. The van der Waals surface area contributed by atoms with Crippen molar-refractivity contribution in [1.29, 1.82) is 5.26 Å². The number of nitriles is 1. The van der Waals surface area contributed by atoms with Gasteiger partial charge in [0.2, 0.25) is 0 Å². The van der Waals surface area contributed by atoms with Crippen molar-refractivity contribution in [3.8, 4) is 11.8 Å². The molecule has 1 aromatic carbocycles. The molecule has 1 aromatic heterocycles. The third-order valence-electron chi connectivity index (χ3n) is 4.73. The molecule has 0 bridgehead atoms. The molecule has 3 nitrogen and oxygen atoms in total. The second-order valence-electron chi connectivity index (χ2n) is 6.43. The maximum absolute atomic E-state index is 9.14. The number of nitrogens with zero attached hydrogens (tertiary/aromatic N) is 3. The highest BCUT2D eigenvalue weighted by molar-refractivity contribution is 5.51. The van der Waals surface area contributed by atoms with Crippen LogP contribution in [0.25, 0.3) is 5.69 Å². The predicted molar refractivity (Wildman–Crippen MR) is 81.7 cm³/mol. The highest BCUT2D eigenvalue weighted by Gasteiger charge is 2.32. The lowest BCUT2D eigenvalue weighted by molar-refractivity contribution is 0.817. The molecule has 0 amide bonds. The van der Waals surface area contributed by atoms with E-state index in [1.165, 1.54) is 53.9 Å². The monoisotopic (exact) mass is 277 g/mol. The molecule has 3 heteroatoms. The molecule has 0 radical (unpaired) electrons. The molecule has 0 atom stereocenters. The van der Waals surface area contributed by atoms with Crippen molar-refractivity contribution in [2.75, 3.05) is 0 Å². The van der Waals surface area contributed by atoms with Gasteiger partial charge < -0.3 is 0 Å². The molecule has 0 N–H and O–H groups in total. The summed E-state index contributed by atoms with van der Waals surface area (Å²) in [4.78, 5) is 0. The van der Waals surface area contributed by atoms with Crippen LogP contribution in [0.2, 0.25) is 0 Å². The minimum atomic E-state index is 0.613. The topological polar surface area (TPSA) is 41.6 Å². The minimum Gasteiger partial charge on any atom is -0.237 e. The van der Waals surface area contributed by atoms with E-state index in [1.807, 2.05) is 6.07 Å². The van der Waals surface area contributed by atoms with Crippen LogP contribution < -0.4 is 0 Å². The fraction of sp³-hybridized carbons (Fsp3) is 0.444. The van der Waals surface area contributed by atoms with Gasteiger partial charge in [0, 0.05) is 5.69 Å². The molecule has 2 aliphatic carbocycles. The molecule has 1 heterocycles. The van der Waals surface area contributed by atoms with Gasteiger partial charge >= 0.3 is 0 Å². The van der Waals surface area contributed by atoms with Gasteiger partial charge in [-0.1, -0.05) is 0 Å². The second kappa shape index (κ2) is 4.46. The first-order valence-corrected chi connectivity index (χ1v) is 7.79. The normalized spacial score (nSPS) is 17.8. The number of rotatable bonds is 3. The summed E-state index contributed by atoms with van der Waals surface area (Å²) in [6.07, 6.45) is 5.07. The van der Waals surface area contributed by atoms with Crippen molar-refractivity contribution in [2.45, 2.75) is 51.4 Å². The second-order valence-corrected chi connectivity index (χ2v) is 6.43. The van der Waals surface area contributed by atoms with Gasteiger partial charge in [-0.3, -0.25) is 0 Å². The van der Waals surface area contributed by atoms with Crippen molar-refractivity contribution in [2.24, 2.45) is 0 Å². The van der Waals surface area contributed by atoms with Crippen LogP contribution in [-0.2, 0) is 0 Å². The first kappa shape index (κ1) is 12.6. The lowest BCUT2D eigenvalue weighted by Crippen LogP contribution is -2.04. The number of benzene rings is 1. The van der Waals surface area contributed by atoms with E-state index in [-0.39, 0.29) is 0 Å². The molecule has 2 fully saturated rings. The molecular weight excluding hydrogens is 258 g/mol. The third kappa shape index (κ3) is 2.06. The third-order valence-corrected chi connectivity index (χ3v) is 4.73. The highest BCUT2D eigenvalue weighted by atomic mass is 15.3. The van der Waals surface area contributed by atoms with Gasteiger partial charge in [-0.2, -0.15) is 10.4 Å². The van der Waals surface area contributed by atoms with E-state index < -0.39 is 0 Å². The highest BCUT2D eigenvalue weighted by Crippen LogP contribution is 2.46. The van der Waals surface area contributed by atoms with Crippen molar-refractivity contribution in [1.82, 2.24) is 9.78 Å². The summed E-state index contributed by atoms with van der Waals surface area (Å²) < 4.78 is 2.11. The van der Waals surface area contributed by atoms with E-state index in [2.05, 4.69) is 36.7 Å². The lowest BCUT2D eigenvalue weighted by atomic mass is 10.0. The van der Waals surface area contributed by atoms with Crippen LogP contribution in [0.4, 0.5) is 0 Å². The molecular formula is C18H19N3. The molecule has 0 unspecified atom stereocenters. The molecule has 2 aliphatic rings. The Balaban J connectivity index is 1.87. The molecule has 2 aromatic rings. The summed E-state index contributed by atoms with van der Waals surface area (Å²) in [6, 6.07) is 8.30. The standard InChI is InChI=1S/C18H19N3/c1-11-18(15-6-7-15)12(2)21(20-11)17-8-3-13(10-19)9-16(17)14-4-5-14/h3,8-9,14-15H,4-7H2,1-2H3. The zero-order valence-corrected chi connectivity index (χ0v) is 12.6. The van der Waals surface area contributed by atoms with Crippen LogP contribution >= 0.6 is 0 Å². The van der Waals surface area contributed by atoms with Crippen LogP contribution in [0.3, 0.4) is 0 Å². The smallest absolute Gasteiger partial charge is 0.0991 e. The zero-order chi connectivity index (χ0) is 14.6. The number of aryl methyl sites for hydroxylation is 1. The van der Waals surface area contributed by atoms with Gasteiger partial charge in [-0.15, -0.1) is 0 Å². The van der Waals surface area contributed by atoms with Crippen molar-refractivity contribution >= 4 is 0 Å². The van der Waals surface area contributed by atoms with E-state index in [4.69, 9.17) is 10.4 Å². The van der Waals surface area contributed by atoms with Gasteiger partial charge in [0.1, 0.15) is 0 Å². The molecule has 4 rings (SSSR count). The Bertz CT molecular complexity index is 756. The molecule has 0 spiro atoms. The fourth-order valence-corrected chi connectivity index (χ4v) is 3.39. The van der Waals surface area contributed by atoms with Gasteiger partial charge in [0.15, 0.2) is 0 Å². The summed E-state index contributed by atoms with van der Waals surface area (Å²) in [6.45, 7) is 4.31. The van der Waals surface area contributed by atoms with Gasteiger partial charge in [-0.25, -0.2) is 4.68 Å². The van der Waals surface area contributed by atoms with Gasteiger partial charge in [0.25, 0.3) is 0 Å². The summed E-state index contributed by atoms with van der Waals surface area (Å²) in [7, 11) is 0. The maximum Gasteiger partial charge on any atom is 0.0991 e. The maximum atomic E-state index is 9.14. The average molecular weight is 277 g/mol. The SMILES string of the molecule is Cc1nn(-c2ccc(C#N)cc2C2CC2)c(C)c1C1CC1. The summed E-state index contributed by atoms with van der Waals surface area (Å²) in [5.41, 5.74) is 7.11. The van der Waals surface area contributed by atoms with E-state index in [9.17, 15) is 0 Å². The first-order valence-electron chi connectivity index (χ1n) is 7.79. The number of aromatic nitrogens is 2. The van der Waals surface area contributed by atoms with E-state index >= 15 is 0 Å². The minimum absolute atomic E-state index is 0.613. The van der Waals surface area contributed by atoms with Crippen molar-refractivity contribution in [3.05, 3.63) is 46.3 Å². The lowest BCUT2D eigenvalue weighted by Gasteiger charge is -2.11. The Morgan fingerprint density at radius 3 is 2.48 bits per heavy atom. The molecule has 106 valence electrons. The molecule has 21 heavy (non-hydrogen) atoms. The van der Waals surface area contributed by atoms with Crippen LogP contribution in [0.5, 0.6) is 0 Å². The summed E-state index contributed by atoms with van der Waals surface area (Å²) >= 11 is 0. The van der Waals surface area contributed by atoms with Crippen LogP contribution in [0.1, 0.15) is 65.6 Å². The Morgan fingerprint density at radius 2 is 1.86 bits per heavy atom. The van der Waals surface area contributed by atoms with E-state index in [0.29, 0.717) is 5.92 Å². The largest absolute Gasteiger partial charge is 0.237 e. The van der Waals surface area contributed by atoms with Crippen molar-refractivity contribution < 1.29 is 0 Å². The fourth-order valence-electron chi connectivity index (χ4n) is 3.39. The number of hydrogen-bond donors (Lipinski definition) is 0. The summed E-state index contributed by atoms with van der Waals surface area (Å²) in [5, 5.41) is 13.9. The van der Waals surface area contributed by atoms with Crippen LogP contribution in [0, 0.1) is 25.2 Å². The average Bonchev–Trinajstić information content (AvgIpc) is 3.37.